The number of amides is 4. The molecule has 4 amide bonds. The molecule has 2 heterocycles. The second-order valence-corrected chi connectivity index (χ2v) is 16.9. The Morgan fingerprint density at radius 3 is 2.09 bits per heavy atom. The Hall–Kier alpha value is -3.91. The lowest BCUT2D eigenvalue weighted by Crippen LogP contribution is -2.60. The summed E-state index contributed by atoms with van der Waals surface area (Å²) in [6.45, 7) is 16.5. The van der Waals surface area contributed by atoms with Crippen molar-refractivity contribution in [3.05, 3.63) is 66.0 Å². The van der Waals surface area contributed by atoms with Crippen LogP contribution in [0, 0.1) is 23.7 Å². The Morgan fingerprint density at radius 1 is 0.897 bits per heavy atom. The number of likely N-dealkylation sites (N-methyl/N-ethyl adjacent to an activating group) is 2. The van der Waals surface area contributed by atoms with Crippen LogP contribution >= 0.6 is 0 Å². The first-order chi connectivity index (χ1) is 27.5. The molecule has 1 fully saturated rings. The normalized spacial score (nSPS) is 19.2. The third-order valence-electron chi connectivity index (χ3n) is 12.0. The molecule has 0 radical (unpaired) electrons. The van der Waals surface area contributed by atoms with Crippen LogP contribution in [0.5, 0.6) is 0 Å². The van der Waals surface area contributed by atoms with Gasteiger partial charge in [0, 0.05) is 46.8 Å². The number of nitrogens with one attached hydrogen (secondary N) is 2. The molecule has 324 valence electrons. The minimum absolute atomic E-state index is 0.0187. The summed E-state index contributed by atoms with van der Waals surface area (Å²) in [4.78, 5) is 65.9. The highest BCUT2D eigenvalue weighted by atomic mass is 16.5. The summed E-state index contributed by atoms with van der Waals surface area (Å²) < 4.78 is 12.0. The smallest absolute Gasteiger partial charge is 0.245 e. The van der Waals surface area contributed by atoms with Gasteiger partial charge in [-0.2, -0.15) is 0 Å². The minimum atomic E-state index is -0.883. The molecule has 3 N–H and O–H groups in total. The molecule has 2 aromatic rings. The number of likely N-dealkylation sites (tertiary alicyclic amines) is 1. The van der Waals surface area contributed by atoms with Crippen LogP contribution in [-0.4, -0.2) is 126 Å². The van der Waals surface area contributed by atoms with E-state index in [4.69, 9.17) is 9.47 Å². The van der Waals surface area contributed by atoms with Gasteiger partial charge in [0.25, 0.3) is 0 Å². The molecule has 13 heteroatoms. The van der Waals surface area contributed by atoms with Gasteiger partial charge < -0.3 is 35.0 Å². The summed E-state index contributed by atoms with van der Waals surface area (Å²) >= 11 is 0. The topological polar surface area (TPSA) is 154 Å². The lowest BCUT2D eigenvalue weighted by molar-refractivity contribution is -0.148. The van der Waals surface area contributed by atoms with Gasteiger partial charge in [-0.1, -0.05) is 85.2 Å². The number of pyridine rings is 1. The Bertz CT molecular complexity index is 1580. The molecule has 10 atom stereocenters. The Morgan fingerprint density at radius 2 is 1.53 bits per heavy atom. The van der Waals surface area contributed by atoms with Crippen molar-refractivity contribution >= 4 is 23.6 Å². The van der Waals surface area contributed by atoms with E-state index in [1.54, 1.807) is 57.3 Å². The average Bonchev–Trinajstić information content (AvgIpc) is 3.69. The van der Waals surface area contributed by atoms with Crippen molar-refractivity contribution in [1.29, 1.82) is 0 Å². The van der Waals surface area contributed by atoms with Crippen LogP contribution in [0.25, 0.3) is 0 Å². The molecular weight excluding hydrogens is 737 g/mol. The molecule has 0 spiro atoms. The Balaban J connectivity index is 1.76. The first kappa shape index (κ1) is 48.5. The van der Waals surface area contributed by atoms with Crippen molar-refractivity contribution in [2.24, 2.45) is 23.7 Å². The highest BCUT2D eigenvalue weighted by molar-refractivity contribution is 5.90. The predicted octanol–water partition coefficient (Wildman–Crippen LogP) is 4.84. The standard InChI is InChI=1S/C45H72N6O7/c1-13-30(6)40(50(10)45(56)38(28(2)3)48-44(55)39(29(4)5)49(9)27-33-21-23-46-24-22-33)36(57-11)26-37(52)51-25-17-20-35(51)42(58-12)31(7)43(54)47-32(8)41(53)34-18-15-14-16-19-34/h14-16,18-19,21-24,28-32,35-36,38-42,53H,13,17,20,25-27H2,1-12H3,(H,47,54)(H,48,55)/t30?,31?,32?,35-,36?,38?,39?,40?,41?,42?/m0/s1. The van der Waals surface area contributed by atoms with Crippen molar-refractivity contribution in [3.63, 3.8) is 0 Å². The average molecular weight is 809 g/mol. The monoisotopic (exact) mass is 809 g/mol. The number of hydrogen-bond acceptors (Lipinski definition) is 9. The van der Waals surface area contributed by atoms with Gasteiger partial charge >= 0.3 is 0 Å². The van der Waals surface area contributed by atoms with Gasteiger partial charge in [-0.3, -0.25) is 29.1 Å². The third-order valence-corrected chi connectivity index (χ3v) is 12.0. The van der Waals surface area contributed by atoms with E-state index in [2.05, 4.69) is 15.6 Å². The van der Waals surface area contributed by atoms with Gasteiger partial charge in [0.15, 0.2) is 0 Å². The van der Waals surface area contributed by atoms with E-state index in [-0.39, 0.29) is 53.8 Å². The van der Waals surface area contributed by atoms with Crippen LogP contribution in [0.1, 0.15) is 98.3 Å². The number of aliphatic hydroxyl groups excluding tert-OH is 1. The second-order valence-electron chi connectivity index (χ2n) is 16.9. The van der Waals surface area contributed by atoms with Crippen molar-refractivity contribution < 1.29 is 33.8 Å². The van der Waals surface area contributed by atoms with E-state index in [1.165, 1.54) is 0 Å². The van der Waals surface area contributed by atoms with E-state index in [0.717, 1.165) is 18.4 Å². The summed E-state index contributed by atoms with van der Waals surface area (Å²) in [6, 6.07) is 10.4. The SMILES string of the molecule is CCC(C)C(C(CC(=O)N1CCC[C@H]1C(OC)C(C)C(=O)NC(C)C(O)c1ccccc1)OC)N(C)C(=O)C(NC(=O)C(C(C)C)N(C)Cc1ccncc1)C(C)C. The van der Waals surface area contributed by atoms with E-state index < -0.39 is 48.4 Å². The molecule has 58 heavy (non-hydrogen) atoms. The first-order valence-electron chi connectivity index (χ1n) is 21.0. The van der Waals surface area contributed by atoms with Crippen LogP contribution in [0.3, 0.4) is 0 Å². The molecule has 3 rings (SSSR count). The number of ether oxygens (including phenoxy) is 2. The molecule has 0 aliphatic carbocycles. The molecule has 13 nitrogen and oxygen atoms in total. The van der Waals surface area contributed by atoms with Crippen molar-refractivity contribution in [2.75, 3.05) is 34.9 Å². The number of methoxy groups -OCH3 is 2. The summed E-state index contributed by atoms with van der Waals surface area (Å²) in [6.07, 6.45) is 3.52. The summed E-state index contributed by atoms with van der Waals surface area (Å²) in [5, 5.41) is 16.9. The molecule has 0 saturated carbocycles. The third kappa shape index (κ3) is 12.5. The van der Waals surface area contributed by atoms with Gasteiger partial charge in [0.1, 0.15) is 6.04 Å². The molecule has 1 aliphatic heterocycles. The number of aliphatic hydroxyl groups is 1. The zero-order chi connectivity index (χ0) is 43.3. The fourth-order valence-electron chi connectivity index (χ4n) is 8.54. The highest BCUT2D eigenvalue weighted by Crippen LogP contribution is 2.30. The lowest BCUT2D eigenvalue weighted by atomic mass is 9.89. The molecule has 0 bridgehead atoms. The van der Waals surface area contributed by atoms with Crippen LogP contribution in [0.15, 0.2) is 54.9 Å². The Kier molecular flexibility index (Phi) is 19.2. The minimum Gasteiger partial charge on any atom is -0.386 e. The first-order valence-corrected chi connectivity index (χ1v) is 21.0. The van der Waals surface area contributed by atoms with Gasteiger partial charge in [0.2, 0.25) is 23.6 Å². The van der Waals surface area contributed by atoms with E-state index >= 15 is 0 Å². The molecule has 1 aliphatic rings. The summed E-state index contributed by atoms with van der Waals surface area (Å²) in [5.74, 6) is -1.76. The maximum Gasteiger partial charge on any atom is 0.245 e. The lowest BCUT2D eigenvalue weighted by Gasteiger charge is -2.41. The number of aromatic nitrogens is 1. The van der Waals surface area contributed by atoms with Crippen LogP contribution in [-0.2, 0) is 35.2 Å². The molecule has 1 aromatic carbocycles. The maximum atomic E-state index is 14.5. The summed E-state index contributed by atoms with van der Waals surface area (Å²) in [7, 11) is 6.77. The maximum absolute atomic E-state index is 14.5. The van der Waals surface area contributed by atoms with E-state index in [9.17, 15) is 24.3 Å². The second kappa shape index (κ2) is 23.0. The number of rotatable bonds is 22. The number of benzene rings is 1. The van der Waals surface area contributed by atoms with Crippen LogP contribution in [0.4, 0.5) is 0 Å². The number of carbonyl (C=O) groups excluding carboxylic acids is 4. The zero-order valence-electron chi connectivity index (χ0n) is 37.1. The number of hydrogen-bond donors (Lipinski definition) is 3. The molecular formula is C45H72N6O7. The quantitative estimate of drug-likeness (QED) is 0.152. The summed E-state index contributed by atoms with van der Waals surface area (Å²) in [5.41, 5.74) is 1.74. The van der Waals surface area contributed by atoms with Crippen molar-refractivity contribution in [1.82, 2.24) is 30.3 Å². The van der Waals surface area contributed by atoms with Gasteiger partial charge in [-0.15, -0.1) is 0 Å². The number of nitrogens with zero attached hydrogens (tertiary/aromatic N) is 4. The van der Waals surface area contributed by atoms with Crippen molar-refractivity contribution in [2.45, 2.75) is 136 Å². The van der Waals surface area contributed by atoms with Crippen LogP contribution in [0.2, 0.25) is 0 Å². The molecule has 1 aromatic heterocycles. The molecule has 1 saturated heterocycles. The fraction of sp³-hybridized carbons (Fsp3) is 0.667. The van der Waals surface area contributed by atoms with E-state index in [0.29, 0.717) is 25.1 Å². The van der Waals surface area contributed by atoms with Crippen LogP contribution < -0.4 is 10.6 Å². The van der Waals surface area contributed by atoms with Gasteiger partial charge in [0.05, 0.1) is 54.8 Å². The molecule has 9 unspecified atom stereocenters. The Labute approximate surface area is 347 Å². The highest BCUT2D eigenvalue weighted by Gasteiger charge is 2.43. The number of carbonyl (C=O) groups is 4. The largest absolute Gasteiger partial charge is 0.386 e. The van der Waals surface area contributed by atoms with Crippen molar-refractivity contribution in [3.8, 4) is 0 Å². The zero-order valence-corrected chi connectivity index (χ0v) is 37.1. The van der Waals surface area contributed by atoms with Gasteiger partial charge in [-0.05, 0) is 67.8 Å². The predicted molar refractivity (Wildman–Crippen MR) is 226 cm³/mol. The van der Waals surface area contributed by atoms with E-state index in [1.807, 2.05) is 96.0 Å². The fourth-order valence-corrected chi connectivity index (χ4v) is 8.54. The van der Waals surface area contributed by atoms with Gasteiger partial charge in [-0.25, -0.2) is 0 Å².